The predicted molar refractivity (Wildman–Crippen MR) is 268 cm³/mol. The number of hydrogen-bond acceptors (Lipinski definition) is 15. The average molecular weight is 982 g/mol. The Morgan fingerprint density at radius 1 is 0.536 bits per heavy atom. The van der Waals surface area contributed by atoms with E-state index in [9.17, 15) is 24.0 Å². The zero-order valence-electron chi connectivity index (χ0n) is 44.1. The van der Waals surface area contributed by atoms with Crippen molar-refractivity contribution in [3.05, 3.63) is 71.8 Å². The lowest BCUT2D eigenvalue weighted by atomic mass is 10.1. The van der Waals surface area contributed by atoms with Gasteiger partial charge in [0.25, 0.3) is 0 Å². The van der Waals surface area contributed by atoms with Crippen LogP contribution in [0.3, 0.4) is 0 Å². The number of ether oxygens (including phenoxy) is 5. The minimum atomic E-state index is -2.69. The van der Waals surface area contributed by atoms with E-state index < -0.39 is 67.3 Å². The second-order valence-electron chi connectivity index (χ2n) is 22.8. The molecule has 0 aliphatic carbocycles. The van der Waals surface area contributed by atoms with E-state index in [-0.39, 0.29) is 50.4 Å². The molecule has 17 heteroatoms. The van der Waals surface area contributed by atoms with Gasteiger partial charge in [-0.1, -0.05) is 81.4 Å². The van der Waals surface area contributed by atoms with Crippen molar-refractivity contribution in [2.45, 2.75) is 149 Å². The fourth-order valence-corrected chi connectivity index (χ4v) is 9.20. The molecule has 0 N–H and O–H groups in total. The number of benzene rings is 2. The minimum absolute atomic E-state index is 0.00549. The molecular weight excluding hydrogens is 899 g/mol. The summed E-state index contributed by atoms with van der Waals surface area (Å²) < 4.78 is 36.7. The monoisotopic (exact) mass is 982 g/mol. The first-order valence-corrected chi connectivity index (χ1v) is 27.3. The summed E-state index contributed by atoms with van der Waals surface area (Å²) in [5.74, 6) is -1.77. The van der Waals surface area contributed by atoms with E-state index in [1.807, 2.05) is 138 Å². The van der Waals surface area contributed by atoms with Crippen LogP contribution in [0.4, 0.5) is 4.79 Å². The van der Waals surface area contributed by atoms with Crippen LogP contribution in [-0.2, 0) is 60.5 Å². The second-order valence-corrected chi connectivity index (χ2v) is 27.5. The number of esters is 4. The van der Waals surface area contributed by atoms with Gasteiger partial charge in [0, 0.05) is 58.9 Å². The van der Waals surface area contributed by atoms with Gasteiger partial charge in [-0.2, -0.15) is 0 Å². The highest BCUT2D eigenvalue weighted by Crippen LogP contribution is 2.40. The van der Waals surface area contributed by atoms with Gasteiger partial charge in [-0.3, -0.25) is 38.9 Å². The standard InChI is InChI=1S/C52H83N5O11Si/c1-49(2,3)65-42(58)34-53-25-27-54(35-43(59)66-50(4,5)6)29-31-56(32-30-55(28-26-53)36-44(60)67-51(7,8)9)41-33-57(48(62)64-38-40-23-19-16-20-24-40)45(46(41)68-69(13,14)52(10,11)12)47(61)63-37-39-21-17-15-18-22-39/h15-24,41,45-46H,25-38H2,1-14H3/t41-,45+,46+/m1/s1. The van der Waals surface area contributed by atoms with Gasteiger partial charge in [0.1, 0.15) is 30.0 Å². The van der Waals surface area contributed by atoms with E-state index in [2.05, 4.69) is 38.8 Å². The molecule has 2 aromatic carbocycles. The average Bonchev–Trinajstić information content (AvgIpc) is 3.58. The van der Waals surface area contributed by atoms with E-state index >= 15 is 0 Å². The lowest BCUT2D eigenvalue weighted by molar-refractivity contribution is -0.158. The van der Waals surface area contributed by atoms with Crippen LogP contribution in [0.15, 0.2) is 60.7 Å². The molecule has 0 radical (unpaired) electrons. The quantitative estimate of drug-likeness (QED) is 0.111. The first-order valence-electron chi connectivity index (χ1n) is 24.4. The molecule has 2 aromatic rings. The zero-order chi connectivity index (χ0) is 51.4. The number of hydrogen-bond donors (Lipinski definition) is 0. The number of likely N-dealkylation sites (tertiary alicyclic amines) is 1. The molecule has 2 aliphatic rings. The summed E-state index contributed by atoms with van der Waals surface area (Å²) in [7, 11) is -2.69. The van der Waals surface area contributed by atoms with Crippen molar-refractivity contribution in [2.24, 2.45) is 0 Å². The van der Waals surface area contributed by atoms with Gasteiger partial charge in [-0.25, -0.2) is 9.59 Å². The van der Waals surface area contributed by atoms with E-state index in [1.54, 1.807) is 0 Å². The fraction of sp³-hybridized carbons (Fsp3) is 0.673. The van der Waals surface area contributed by atoms with Gasteiger partial charge in [-0.05, 0) is 91.6 Å². The number of amides is 1. The number of carbonyl (C=O) groups excluding carboxylic acids is 5. The molecule has 0 aromatic heterocycles. The van der Waals surface area contributed by atoms with E-state index in [0.29, 0.717) is 52.4 Å². The summed E-state index contributed by atoms with van der Waals surface area (Å²) in [6.07, 6.45) is -1.53. The maximum absolute atomic E-state index is 14.7. The van der Waals surface area contributed by atoms with Crippen LogP contribution >= 0.6 is 0 Å². The molecule has 3 atom stereocenters. The third kappa shape index (κ3) is 19.7. The molecule has 0 bridgehead atoms. The lowest BCUT2D eigenvalue weighted by Gasteiger charge is -2.43. The van der Waals surface area contributed by atoms with Gasteiger partial charge in [-0.15, -0.1) is 0 Å². The Kier molecular flexibility index (Phi) is 20.4. The SMILES string of the molecule is CC(C)(C)OC(=O)CN1CCN(CC(=O)OC(C)(C)C)CCN([C@@H]2CN(C(=O)OCc3ccccc3)[C@H](C(=O)OCc3ccccc3)[C@H]2O[Si](C)(C)C(C)(C)C)CCN(CC(=O)OC(C)(C)C)CC1. The highest BCUT2D eigenvalue weighted by Gasteiger charge is 2.55. The molecule has 2 saturated heterocycles. The van der Waals surface area contributed by atoms with Crippen molar-refractivity contribution in [1.82, 2.24) is 24.5 Å². The normalized spacial score (nSPS) is 20.3. The molecule has 69 heavy (non-hydrogen) atoms. The molecule has 1 amide bonds. The Balaban J connectivity index is 1.81. The molecule has 0 spiro atoms. The van der Waals surface area contributed by atoms with Crippen molar-refractivity contribution in [1.29, 1.82) is 0 Å². The number of carbonyl (C=O) groups is 5. The minimum Gasteiger partial charge on any atom is -0.459 e. The van der Waals surface area contributed by atoms with Gasteiger partial charge in [0.15, 0.2) is 14.4 Å². The summed E-state index contributed by atoms with van der Waals surface area (Å²) in [5.41, 5.74) is -0.519. The third-order valence-corrected chi connectivity index (χ3v) is 16.7. The third-order valence-electron chi connectivity index (χ3n) is 12.2. The summed E-state index contributed by atoms with van der Waals surface area (Å²) in [4.78, 5) is 79.2. The molecular formula is C52H83N5O11Si. The lowest BCUT2D eigenvalue weighted by Crippen LogP contribution is -2.57. The van der Waals surface area contributed by atoms with Crippen LogP contribution in [0.5, 0.6) is 0 Å². The van der Waals surface area contributed by atoms with E-state index in [0.717, 1.165) is 11.1 Å². The van der Waals surface area contributed by atoms with Crippen molar-refractivity contribution >= 4 is 38.3 Å². The van der Waals surface area contributed by atoms with Gasteiger partial charge >= 0.3 is 30.0 Å². The summed E-state index contributed by atoms with van der Waals surface area (Å²) in [5, 5.41) is -0.279. The van der Waals surface area contributed by atoms with Crippen molar-refractivity contribution in [2.75, 3.05) is 78.5 Å². The number of nitrogens with zero attached hydrogens (tertiary/aromatic N) is 5. The Morgan fingerprint density at radius 2 is 0.899 bits per heavy atom. The van der Waals surface area contributed by atoms with Gasteiger partial charge in [0.05, 0.1) is 31.8 Å². The van der Waals surface area contributed by atoms with Crippen LogP contribution in [0, 0.1) is 0 Å². The van der Waals surface area contributed by atoms with Crippen molar-refractivity contribution < 1.29 is 52.1 Å². The smallest absolute Gasteiger partial charge is 0.410 e. The molecule has 0 saturated carbocycles. The van der Waals surface area contributed by atoms with Crippen molar-refractivity contribution in [3.8, 4) is 0 Å². The molecule has 386 valence electrons. The first kappa shape index (κ1) is 57.2. The number of rotatable bonds is 14. The zero-order valence-corrected chi connectivity index (χ0v) is 45.1. The topological polar surface area (TPSA) is 157 Å². The first-order chi connectivity index (χ1) is 32.0. The Labute approximate surface area is 413 Å². The van der Waals surface area contributed by atoms with Crippen LogP contribution < -0.4 is 0 Å². The molecule has 4 rings (SSSR count). The maximum Gasteiger partial charge on any atom is 0.410 e. The van der Waals surface area contributed by atoms with Crippen LogP contribution in [0.25, 0.3) is 0 Å². The summed E-state index contributed by atoms with van der Waals surface area (Å²) in [6.45, 7) is 30.2. The molecule has 2 heterocycles. The molecule has 16 nitrogen and oxygen atoms in total. The van der Waals surface area contributed by atoms with Gasteiger partial charge < -0.3 is 28.1 Å². The Morgan fingerprint density at radius 3 is 1.26 bits per heavy atom. The highest BCUT2D eigenvalue weighted by molar-refractivity contribution is 6.74. The fourth-order valence-electron chi connectivity index (χ4n) is 7.88. The maximum atomic E-state index is 14.7. The van der Waals surface area contributed by atoms with Crippen LogP contribution in [0.2, 0.25) is 18.1 Å². The molecule has 2 aliphatic heterocycles. The Bertz CT molecular complexity index is 1930. The Hall–Kier alpha value is -4.39. The summed E-state index contributed by atoms with van der Waals surface area (Å²) in [6, 6.07) is 17.0. The molecule has 2 fully saturated rings. The van der Waals surface area contributed by atoms with Crippen LogP contribution in [-0.4, -0.2) is 176 Å². The van der Waals surface area contributed by atoms with Crippen molar-refractivity contribution in [3.63, 3.8) is 0 Å². The van der Waals surface area contributed by atoms with E-state index in [1.165, 1.54) is 4.90 Å². The highest BCUT2D eigenvalue weighted by atomic mass is 28.4. The molecule has 0 unspecified atom stereocenters. The van der Waals surface area contributed by atoms with E-state index in [4.69, 9.17) is 28.1 Å². The second kappa shape index (κ2) is 24.6. The van der Waals surface area contributed by atoms with Crippen LogP contribution in [0.1, 0.15) is 94.2 Å². The largest absolute Gasteiger partial charge is 0.459 e. The summed E-state index contributed by atoms with van der Waals surface area (Å²) >= 11 is 0. The predicted octanol–water partition coefficient (Wildman–Crippen LogP) is 6.76. The van der Waals surface area contributed by atoms with Gasteiger partial charge in [0.2, 0.25) is 0 Å².